The molecule has 1 unspecified atom stereocenters. The van der Waals surface area contributed by atoms with Gasteiger partial charge in [-0.1, -0.05) is 13.8 Å². The Balaban J connectivity index is 1.73. The molecule has 1 aliphatic rings. The highest BCUT2D eigenvalue weighted by molar-refractivity contribution is 9.10. The van der Waals surface area contributed by atoms with E-state index in [2.05, 4.69) is 29.8 Å². The first-order chi connectivity index (χ1) is 11.5. The van der Waals surface area contributed by atoms with Crippen LogP contribution in [0.25, 0.3) is 0 Å². The van der Waals surface area contributed by atoms with Gasteiger partial charge in [-0.05, 0) is 52.9 Å². The summed E-state index contributed by atoms with van der Waals surface area (Å²) in [5.74, 6) is 0.0875. The van der Waals surface area contributed by atoms with E-state index >= 15 is 0 Å². The molecular weight excluding hydrogens is 390 g/mol. The second-order valence-corrected chi connectivity index (χ2v) is 8.27. The Labute approximate surface area is 153 Å². The Morgan fingerprint density at radius 2 is 2.21 bits per heavy atom. The van der Waals surface area contributed by atoms with Crippen molar-refractivity contribution in [2.75, 3.05) is 6.61 Å². The summed E-state index contributed by atoms with van der Waals surface area (Å²) in [6, 6.07) is 5.54. The number of esters is 1. The summed E-state index contributed by atoms with van der Waals surface area (Å²) in [5, 5.41) is 1.90. The minimum absolute atomic E-state index is 0.00535. The van der Waals surface area contributed by atoms with Gasteiger partial charge < -0.3 is 9.30 Å². The summed E-state index contributed by atoms with van der Waals surface area (Å²) >= 11 is 4.80. The van der Waals surface area contributed by atoms with E-state index in [-0.39, 0.29) is 17.7 Å². The first-order valence-corrected chi connectivity index (χ1v) is 9.79. The highest BCUT2D eigenvalue weighted by Crippen LogP contribution is 2.33. The van der Waals surface area contributed by atoms with Crippen molar-refractivity contribution < 1.29 is 14.3 Å². The number of aromatic nitrogens is 1. The molecule has 2 aromatic rings. The Bertz CT molecular complexity index is 762. The number of nitrogens with zero attached hydrogens (tertiary/aromatic N) is 1. The molecule has 24 heavy (non-hydrogen) atoms. The molecule has 0 aliphatic carbocycles. The Hall–Kier alpha value is -1.40. The van der Waals surface area contributed by atoms with Crippen LogP contribution >= 0.6 is 27.3 Å². The molecule has 0 aromatic carbocycles. The van der Waals surface area contributed by atoms with E-state index in [4.69, 9.17) is 4.74 Å². The number of ketones is 1. The number of ether oxygens (including phenoxy) is 1. The van der Waals surface area contributed by atoms with Crippen LogP contribution in [0.1, 0.15) is 53.7 Å². The highest BCUT2D eigenvalue weighted by Gasteiger charge is 2.33. The molecule has 0 bridgehead atoms. The standard InChI is InChI=1S/C18H20BrNO3S/c1-11(2)6-8-23-18(22)13-5-7-20-14(13)3-4-15(20)17(21)16-9-12(19)10-24-16/h3-4,9-11,13H,5-8H2,1-2H3. The fourth-order valence-corrected chi connectivity index (χ4v) is 4.31. The molecule has 0 amide bonds. The SMILES string of the molecule is CC(C)CCOC(=O)C1CCn2c(C(=O)c3cc(Br)cs3)ccc21. The van der Waals surface area contributed by atoms with Gasteiger partial charge in [0.15, 0.2) is 0 Å². The average molecular weight is 410 g/mol. The van der Waals surface area contributed by atoms with E-state index in [1.165, 1.54) is 11.3 Å². The molecular formula is C18H20BrNO3S. The van der Waals surface area contributed by atoms with Gasteiger partial charge >= 0.3 is 5.97 Å². The normalized spacial score (nSPS) is 16.4. The lowest BCUT2D eigenvalue weighted by atomic mass is 10.1. The smallest absolute Gasteiger partial charge is 0.315 e. The average Bonchev–Trinajstić information content (AvgIpc) is 3.21. The van der Waals surface area contributed by atoms with Crippen molar-refractivity contribution in [2.45, 2.75) is 39.2 Å². The van der Waals surface area contributed by atoms with Crippen molar-refractivity contribution in [3.8, 4) is 0 Å². The van der Waals surface area contributed by atoms with Crippen molar-refractivity contribution in [1.29, 1.82) is 0 Å². The van der Waals surface area contributed by atoms with Gasteiger partial charge in [-0.15, -0.1) is 11.3 Å². The second-order valence-electron chi connectivity index (χ2n) is 6.44. The Kier molecular flexibility index (Phi) is 5.25. The van der Waals surface area contributed by atoms with Crippen LogP contribution in [0.3, 0.4) is 0 Å². The fourth-order valence-electron chi connectivity index (χ4n) is 2.93. The van der Waals surface area contributed by atoms with E-state index in [1.54, 1.807) is 0 Å². The lowest BCUT2D eigenvalue weighted by Crippen LogP contribution is -2.15. The number of hydrogen-bond donors (Lipinski definition) is 0. The molecule has 128 valence electrons. The maximum absolute atomic E-state index is 12.7. The summed E-state index contributed by atoms with van der Waals surface area (Å²) < 4.78 is 8.29. The van der Waals surface area contributed by atoms with Crippen molar-refractivity contribution in [3.05, 3.63) is 44.3 Å². The first-order valence-electron chi connectivity index (χ1n) is 8.12. The van der Waals surface area contributed by atoms with Crippen molar-refractivity contribution >= 4 is 39.0 Å². The van der Waals surface area contributed by atoms with Crippen LogP contribution < -0.4 is 0 Å². The third-order valence-corrected chi connectivity index (χ3v) is 5.95. The maximum atomic E-state index is 12.7. The zero-order valence-electron chi connectivity index (χ0n) is 13.8. The van der Waals surface area contributed by atoms with Gasteiger partial charge in [0.2, 0.25) is 5.78 Å². The number of fused-ring (bicyclic) bond motifs is 1. The molecule has 3 rings (SSSR count). The number of thiophene rings is 1. The topological polar surface area (TPSA) is 48.3 Å². The van der Waals surface area contributed by atoms with E-state index in [0.29, 0.717) is 36.1 Å². The van der Waals surface area contributed by atoms with Crippen LogP contribution in [0.15, 0.2) is 28.1 Å². The molecule has 4 nitrogen and oxygen atoms in total. The quantitative estimate of drug-likeness (QED) is 0.516. The van der Waals surface area contributed by atoms with Crippen LogP contribution in [-0.2, 0) is 16.1 Å². The molecule has 0 radical (unpaired) electrons. The summed E-state index contributed by atoms with van der Waals surface area (Å²) in [6.07, 6.45) is 1.57. The molecule has 0 spiro atoms. The predicted molar refractivity (Wildman–Crippen MR) is 97.7 cm³/mol. The van der Waals surface area contributed by atoms with Gasteiger partial charge in [0.25, 0.3) is 0 Å². The largest absolute Gasteiger partial charge is 0.465 e. The maximum Gasteiger partial charge on any atom is 0.315 e. The van der Waals surface area contributed by atoms with Gasteiger partial charge in [-0.2, -0.15) is 0 Å². The number of rotatable bonds is 6. The minimum atomic E-state index is -0.256. The third kappa shape index (κ3) is 3.49. The minimum Gasteiger partial charge on any atom is -0.465 e. The first kappa shape index (κ1) is 17.4. The summed E-state index contributed by atoms with van der Waals surface area (Å²) in [5.41, 5.74) is 1.54. The van der Waals surface area contributed by atoms with Crippen molar-refractivity contribution in [1.82, 2.24) is 4.57 Å². The molecule has 1 atom stereocenters. The van der Waals surface area contributed by atoms with E-state index < -0.39 is 0 Å². The number of carbonyl (C=O) groups excluding carboxylic acids is 2. The van der Waals surface area contributed by atoms with Crippen LogP contribution in [0.5, 0.6) is 0 Å². The molecule has 0 saturated heterocycles. The van der Waals surface area contributed by atoms with Gasteiger partial charge in [-0.3, -0.25) is 9.59 Å². The molecule has 0 fully saturated rings. The van der Waals surface area contributed by atoms with Crippen molar-refractivity contribution in [2.24, 2.45) is 5.92 Å². The summed E-state index contributed by atoms with van der Waals surface area (Å²) in [6.45, 7) is 5.35. The van der Waals surface area contributed by atoms with E-state index in [9.17, 15) is 9.59 Å². The monoisotopic (exact) mass is 409 g/mol. The van der Waals surface area contributed by atoms with Crippen LogP contribution in [0.4, 0.5) is 0 Å². The number of hydrogen-bond acceptors (Lipinski definition) is 4. The molecule has 1 aliphatic heterocycles. The van der Waals surface area contributed by atoms with Gasteiger partial charge in [-0.25, -0.2) is 0 Å². The molecule has 2 aromatic heterocycles. The Morgan fingerprint density at radius 3 is 2.88 bits per heavy atom. The van der Waals surface area contributed by atoms with Gasteiger partial charge in [0.05, 0.1) is 23.1 Å². The van der Waals surface area contributed by atoms with E-state index in [1.807, 2.05) is 28.1 Å². The lowest BCUT2D eigenvalue weighted by molar-refractivity contribution is -0.145. The van der Waals surface area contributed by atoms with Crippen LogP contribution in [-0.4, -0.2) is 22.9 Å². The zero-order valence-corrected chi connectivity index (χ0v) is 16.2. The molecule has 0 N–H and O–H groups in total. The lowest BCUT2D eigenvalue weighted by Gasteiger charge is -2.11. The summed E-state index contributed by atoms with van der Waals surface area (Å²) in [4.78, 5) is 25.7. The highest BCUT2D eigenvalue weighted by atomic mass is 79.9. The predicted octanol–water partition coefficient (Wildman–Crippen LogP) is 4.62. The zero-order chi connectivity index (χ0) is 17.3. The van der Waals surface area contributed by atoms with Crippen molar-refractivity contribution in [3.63, 3.8) is 0 Å². The van der Waals surface area contributed by atoms with Gasteiger partial charge in [0.1, 0.15) is 0 Å². The number of halogens is 1. The van der Waals surface area contributed by atoms with Gasteiger partial charge in [0, 0.05) is 22.1 Å². The molecule has 6 heteroatoms. The Morgan fingerprint density at radius 1 is 1.42 bits per heavy atom. The third-order valence-electron chi connectivity index (χ3n) is 4.26. The number of carbonyl (C=O) groups is 2. The molecule has 3 heterocycles. The van der Waals surface area contributed by atoms with Crippen LogP contribution in [0, 0.1) is 5.92 Å². The van der Waals surface area contributed by atoms with Crippen LogP contribution in [0.2, 0.25) is 0 Å². The second kappa shape index (κ2) is 7.23. The summed E-state index contributed by atoms with van der Waals surface area (Å²) in [7, 11) is 0. The fraction of sp³-hybridized carbons (Fsp3) is 0.444. The molecule has 0 saturated carbocycles. The van der Waals surface area contributed by atoms with E-state index in [0.717, 1.165) is 16.6 Å².